The summed E-state index contributed by atoms with van der Waals surface area (Å²) in [6, 6.07) is -0.722. The maximum Gasteiger partial charge on any atom is 0.306 e. The molecule has 8 heteroatoms. The lowest BCUT2D eigenvalue weighted by atomic mass is 10.0. The Labute approximate surface area is 359 Å². The molecule has 342 valence electrons. The van der Waals surface area contributed by atoms with E-state index < -0.39 is 18.1 Å². The van der Waals surface area contributed by atoms with Gasteiger partial charge in [-0.15, -0.1) is 0 Å². The van der Waals surface area contributed by atoms with Crippen molar-refractivity contribution in [2.24, 2.45) is 0 Å². The van der Waals surface area contributed by atoms with Crippen LogP contribution in [0.2, 0.25) is 0 Å². The number of ether oxygens (including phenoxy) is 3. The van der Waals surface area contributed by atoms with Crippen LogP contribution in [0.4, 0.5) is 0 Å². The number of hydrogen-bond donors (Lipinski definition) is 0. The largest absolute Gasteiger partial charge is 0.544 e. The summed E-state index contributed by atoms with van der Waals surface area (Å²) < 4.78 is 17.2. The van der Waals surface area contributed by atoms with Crippen molar-refractivity contribution in [3.05, 3.63) is 12.2 Å². The van der Waals surface area contributed by atoms with Gasteiger partial charge in [0.05, 0.1) is 40.3 Å². The first-order chi connectivity index (χ1) is 28.1. The van der Waals surface area contributed by atoms with Crippen LogP contribution in [-0.2, 0) is 28.6 Å². The van der Waals surface area contributed by atoms with E-state index in [1.807, 2.05) is 0 Å². The summed E-state index contributed by atoms with van der Waals surface area (Å²) in [5, 5.41) is 11.6. The number of aliphatic carboxylic acids is 1. The van der Waals surface area contributed by atoms with Crippen LogP contribution < -0.4 is 5.11 Å². The lowest BCUT2D eigenvalue weighted by Gasteiger charge is -2.34. The first kappa shape index (κ1) is 56.1. The van der Waals surface area contributed by atoms with Gasteiger partial charge < -0.3 is 28.6 Å². The molecule has 2 unspecified atom stereocenters. The quantitative estimate of drug-likeness (QED) is 0.0261. The molecular formula is C50H95NO7. The van der Waals surface area contributed by atoms with E-state index in [1.165, 1.54) is 167 Å². The van der Waals surface area contributed by atoms with Crippen molar-refractivity contribution in [2.75, 3.05) is 41.0 Å². The molecule has 0 fully saturated rings. The van der Waals surface area contributed by atoms with Crippen LogP contribution in [0.5, 0.6) is 0 Å². The van der Waals surface area contributed by atoms with Crippen molar-refractivity contribution in [1.82, 2.24) is 0 Å². The van der Waals surface area contributed by atoms with E-state index in [-0.39, 0.29) is 42.7 Å². The first-order valence-electron chi connectivity index (χ1n) is 24.7. The van der Waals surface area contributed by atoms with Crippen LogP contribution in [-0.4, -0.2) is 75.5 Å². The van der Waals surface area contributed by atoms with Crippen molar-refractivity contribution in [1.29, 1.82) is 0 Å². The maximum atomic E-state index is 12.8. The Morgan fingerprint density at radius 3 is 1.24 bits per heavy atom. The fourth-order valence-electron chi connectivity index (χ4n) is 7.54. The number of quaternary nitrogens is 1. The second kappa shape index (κ2) is 41.8. The Bertz CT molecular complexity index is 962. The smallest absolute Gasteiger partial charge is 0.306 e. The monoisotopic (exact) mass is 822 g/mol. The number of carbonyl (C=O) groups excluding carboxylic acids is 3. The second-order valence-corrected chi connectivity index (χ2v) is 18.1. The number of carboxylic acid groups (broad SMARTS) is 1. The lowest BCUT2D eigenvalue weighted by Crippen LogP contribution is -2.55. The van der Waals surface area contributed by atoms with Crippen molar-refractivity contribution < 1.29 is 38.2 Å². The van der Waals surface area contributed by atoms with E-state index in [9.17, 15) is 19.5 Å². The molecular weight excluding hydrogens is 727 g/mol. The standard InChI is InChI=1S/C50H95NO7/c1-6-8-10-12-14-16-18-20-21-22-23-24-25-26-27-28-29-31-33-35-37-39-41-49(53)58-46(44-56-43-42-47(50(54)55)51(3,4)5)45-57-48(52)40-38-36-34-32-30-19-17-15-13-11-9-7-2/h25-26,46-47H,6-24,27-45H2,1-5H3/b26-25+. The van der Waals surface area contributed by atoms with Gasteiger partial charge in [-0.25, -0.2) is 0 Å². The molecule has 0 rings (SSSR count). The van der Waals surface area contributed by atoms with Crippen LogP contribution >= 0.6 is 0 Å². The molecule has 0 aromatic rings. The van der Waals surface area contributed by atoms with Gasteiger partial charge in [-0.1, -0.05) is 193 Å². The zero-order valence-electron chi connectivity index (χ0n) is 39.0. The van der Waals surface area contributed by atoms with E-state index in [1.54, 1.807) is 21.1 Å². The zero-order valence-corrected chi connectivity index (χ0v) is 39.0. The molecule has 58 heavy (non-hydrogen) atoms. The molecule has 0 amide bonds. The molecule has 0 aliphatic heterocycles. The van der Waals surface area contributed by atoms with Crippen LogP contribution in [0.15, 0.2) is 12.2 Å². The van der Waals surface area contributed by atoms with Gasteiger partial charge in [0, 0.05) is 19.3 Å². The van der Waals surface area contributed by atoms with Gasteiger partial charge in [0.1, 0.15) is 12.6 Å². The fourth-order valence-corrected chi connectivity index (χ4v) is 7.54. The second-order valence-electron chi connectivity index (χ2n) is 18.1. The lowest BCUT2D eigenvalue weighted by molar-refractivity contribution is -0.889. The predicted octanol–water partition coefficient (Wildman–Crippen LogP) is 12.5. The number of rotatable bonds is 45. The van der Waals surface area contributed by atoms with Gasteiger partial charge in [-0.05, 0) is 38.5 Å². The predicted molar refractivity (Wildman–Crippen MR) is 241 cm³/mol. The fraction of sp³-hybridized carbons (Fsp3) is 0.900. The number of likely N-dealkylation sites (N-methyl/N-ethyl adjacent to an activating group) is 1. The topological polar surface area (TPSA) is 102 Å². The third-order valence-electron chi connectivity index (χ3n) is 11.4. The number of esters is 2. The highest BCUT2D eigenvalue weighted by molar-refractivity contribution is 5.70. The van der Waals surface area contributed by atoms with Gasteiger partial charge >= 0.3 is 11.9 Å². The molecule has 0 aromatic heterocycles. The molecule has 0 bridgehead atoms. The Hall–Kier alpha value is -1.93. The van der Waals surface area contributed by atoms with E-state index in [0.29, 0.717) is 12.8 Å². The third-order valence-corrected chi connectivity index (χ3v) is 11.4. The Morgan fingerprint density at radius 2 is 0.862 bits per heavy atom. The van der Waals surface area contributed by atoms with E-state index in [4.69, 9.17) is 14.2 Å². The minimum atomic E-state index is -1.12. The molecule has 0 saturated heterocycles. The summed E-state index contributed by atoms with van der Waals surface area (Å²) in [4.78, 5) is 36.9. The number of allylic oxidation sites excluding steroid dienone is 2. The highest BCUT2D eigenvalue weighted by Gasteiger charge is 2.25. The number of unbranched alkanes of at least 4 members (excludes halogenated alkanes) is 29. The van der Waals surface area contributed by atoms with Crippen molar-refractivity contribution in [3.8, 4) is 0 Å². The SMILES string of the molecule is CCCCCCCCCCCCC/C=C/CCCCCCCCCC(=O)OC(COCCC(C(=O)[O-])[N+](C)(C)C)COC(=O)CCCCCCCCCCCCCC. The molecule has 2 atom stereocenters. The molecule has 0 aromatic carbocycles. The summed E-state index contributed by atoms with van der Waals surface area (Å²) in [5.41, 5.74) is 0. The molecule has 0 radical (unpaired) electrons. The molecule has 0 aliphatic carbocycles. The van der Waals surface area contributed by atoms with E-state index in [0.717, 1.165) is 38.5 Å². The number of hydrogen-bond acceptors (Lipinski definition) is 7. The molecule has 8 nitrogen and oxygen atoms in total. The highest BCUT2D eigenvalue weighted by Crippen LogP contribution is 2.16. The van der Waals surface area contributed by atoms with Gasteiger partial charge in [-0.3, -0.25) is 9.59 Å². The normalized spacial score (nSPS) is 12.9. The van der Waals surface area contributed by atoms with E-state index >= 15 is 0 Å². The molecule has 0 N–H and O–H groups in total. The minimum Gasteiger partial charge on any atom is -0.544 e. The van der Waals surface area contributed by atoms with Crippen molar-refractivity contribution in [2.45, 2.75) is 251 Å². The number of carboxylic acids is 1. The van der Waals surface area contributed by atoms with Crippen molar-refractivity contribution >= 4 is 17.9 Å². The maximum absolute atomic E-state index is 12.8. The average molecular weight is 822 g/mol. The third kappa shape index (κ3) is 39.5. The summed E-state index contributed by atoms with van der Waals surface area (Å²) in [7, 11) is 5.42. The van der Waals surface area contributed by atoms with Gasteiger partial charge in [-0.2, -0.15) is 0 Å². The highest BCUT2D eigenvalue weighted by atomic mass is 16.6. The molecule has 0 spiro atoms. The Kier molecular flexibility index (Phi) is 40.4. The van der Waals surface area contributed by atoms with Gasteiger partial charge in [0.15, 0.2) is 6.10 Å². The zero-order chi connectivity index (χ0) is 42.8. The van der Waals surface area contributed by atoms with Gasteiger partial charge in [0.25, 0.3) is 0 Å². The Morgan fingerprint density at radius 1 is 0.500 bits per heavy atom. The summed E-state index contributed by atoms with van der Waals surface area (Å²) >= 11 is 0. The number of carbonyl (C=O) groups is 3. The first-order valence-corrected chi connectivity index (χ1v) is 24.7. The van der Waals surface area contributed by atoms with Crippen LogP contribution in [0, 0.1) is 0 Å². The summed E-state index contributed by atoms with van der Waals surface area (Å²) in [6.07, 6.45) is 45.3. The van der Waals surface area contributed by atoms with Crippen molar-refractivity contribution in [3.63, 3.8) is 0 Å². The molecule has 0 heterocycles. The van der Waals surface area contributed by atoms with Crippen LogP contribution in [0.1, 0.15) is 239 Å². The summed E-state index contributed by atoms with van der Waals surface area (Å²) in [6.45, 7) is 4.69. The molecule has 0 aliphatic rings. The Balaban J connectivity index is 4.20. The minimum absolute atomic E-state index is 0.0447. The average Bonchev–Trinajstić information content (AvgIpc) is 3.18. The molecule has 0 saturated carbocycles. The van der Waals surface area contributed by atoms with Crippen LogP contribution in [0.3, 0.4) is 0 Å². The van der Waals surface area contributed by atoms with Crippen LogP contribution in [0.25, 0.3) is 0 Å². The number of nitrogens with zero attached hydrogens (tertiary/aromatic N) is 1. The summed E-state index contributed by atoms with van der Waals surface area (Å²) in [5.74, 6) is -1.72. The van der Waals surface area contributed by atoms with Gasteiger partial charge in [0.2, 0.25) is 0 Å². The van der Waals surface area contributed by atoms with E-state index in [2.05, 4.69) is 26.0 Å².